The molecule has 0 saturated carbocycles. The van der Waals surface area contributed by atoms with E-state index in [1.54, 1.807) is 0 Å². The standard InChI is InChI=1S/C76H78N4O.Pt/c1-48-23-20-24-49(2)70(48)51-31-34-66-68(40-51)78(58-27-22-28-59(45-58)81-60-32-33-62-61-29-18-19-30-65(61)80(67(62)46-60)69-44-54(35-36-77-69)73(6,7)8)47-79(66)71-63(50-25-21-26-53(37-50)72(3,4)5)42-57(76(15,16)17)43-64(71)52-38-55(74(9,10)11)41-56(39-52)75(12,13)14;/h18-44H,1-17H3;/q-2;/i1D3,2D3;. The minimum absolute atomic E-state index is 0. The molecular formula is C76H78N4OPt-2. The number of imidazole rings is 1. The van der Waals surface area contributed by atoms with Gasteiger partial charge < -0.3 is 13.9 Å². The molecule has 0 N–H and O–H groups in total. The summed E-state index contributed by atoms with van der Waals surface area (Å²) >= 11 is 0. The van der Waals surface area contributed by atoms with Crippen molar-refractivity contribution in [2.24, 2.45) is 0 Å². The summed E-state index contributed by atoms with van der Waals surface area (Å²) in [7, 11) is 0. The molecule has 3 heterocycles. The van der Waals surface area contributed by atoms with Crippen molar-refractivity contribution < 1.29 is 38.6 Å². The normalized spacial score (nSPS) is 14.0. The molecular weight excluding hydrogens is 1180 g/mol. The number of para-hydroxylation sites is 1. The van der Waals surface area contributed by atoms with Gasteiger partial charge in [-0.25, -0.2) is 4.98 Å². The maximum absolute atomic E-state index is 8.74. The molecule has 0 saturated heterocycles. The Hall–Kier alpha value is -7.33. The zero-order valence-corrected chi connectivity index (χ0v) is 52.4. The minimum Gasteiger partial charge on any atom is -0.510 e. The summed E-state index contributed by atoms with van der Waals surface area (Å²) in [5.41, 5.74) is 14.2. The van der Waals surface area contributed by atoms with Crippen molar-refractivity contribution in [1.82, 2.24) is 14.1 Å². The third-order valence-electron chi connectivity index (χ3n) is 15.8. The first-order chi connectivity index (χ1) is 40.5. The number of ether oxygens (including phenoxy) is 1. The molecule has 82 heavy (non-hydrogen) atoms. The number of fused-ring (bicyclic) bond motifs is 4. The van der Waals surface area contributed by atoms with Gasteiger partial charge in [0, 0.05) is 52.5 Å². The van der Waals surface area contributed by atoms with E-state index in [0.717, 1.165) is 72.2 Å². The summed E-state index contributed by atoms with van der Waals surface area (Å²) in [5, 5.41) is 2.08. The van der Waals surface area contributed by atoms with Gasteiger partial charge in [0.25, 0.3) is 6.33 Å². The van der Waals surface area contributed by atoms with E-state index in [4.69, 9.17) is 17.9 Å². The number of hydrogen-bond acceptors (Lipinski definition) is 2. The van der Waals surface area contributed by atoms with Gasteiger partial charge in [0.2, 0.25) is 0 Å². The number of aryl methyl sites for hydroxylation is 2. The zero-order valence-electron chi connectivity index (χ0n) is 56.1. The van der Waals surface area contributed by atoms with Crippen LogP contribution in [0.1, 0.15) is 151 Å². The molecule has 3 aromatic heterocycles. The number of rotatable bonds is 8. The Balaban J connectivity index is 0.00000855. The van der Waals surface area contributed by atoms with E-state index in [1.807, 2.05) is 65.4 Å². The SMILES string of the molecule is [2H]C([2H])([2H])c1cccc(C([2H])([2H])[2H])c1-c1ccc2c(c1)n(-c1[c-]c(Oc3[c-]c4c(cc3)c3ccccc3n4-c3cc(C(C)(C)C)ccn3)ccc1)[c-][n+]2-c1c(-c2cccc(C(C)(C)C)c2)cc(C(C)(C)C)cc1-c1cc(C(C)(C)C)cc(C(C)(C)C)c1.[Pt]. The van der Waals surface area contributed by atoms with Crippen LogP contribution in [0.4, 0.5) is 0 Å². The Labute approximate surface area is 510 Å². The predicted octanol–water partition coefficient (Wildman–Crippen LogP) is 19.7. The van der Waals surface area contributed by atoms with Crippen LogP contribution in [-0.4, -0.2) is 14.1 Å². The van der Waals surface area contributed by atoms with Gasteiger partial charge in [0.1, 0.15) is 5.82 Å². The van der Waals surface area contributed by atoms with Crippen molar-refractivity contribution in [1.29, 1.82) is 0 Å². The van der Waals surface area contributed by atoms with Gasteiger partial charge >= 0.3 is 0 Å². The Morgan fingerprint density at radius 2 is 1.06 bits per heavy atom. The molecule has 0 amide bonds. The van der Waals surface area contributed by atoms with Crippen LogP contribution in [0.25, 0.3) is 83.4 Å². The molecule has 11 aromatic rings. The van der Waals surface area contributed by atoms with Crippen molar-refractivity contribution in [3.8, 4) is 62.1 Å². The first-order valence-corrected chi connectivity index (χ1v) is 28.3. The van der Waals surface area contributed by atoms with Crippen LogP contribution in [-0.2, 0) is 48.1 Å². The summed E-state index contributed by atoms with van der Waals surface area (Å²) in [6.45, 7) is 28.4. The van der Waals surface area contributed by atoms with Crippen LogP contribution in [0.5, 0.6) is 11.5 Å². The van der Waals surface area contributed by atoms with Crippen LogP contribution in [0.2, 0.25) is 0 Å². The maximum atomic E-state index is 8.74. The quantitative estimate of drug-likeness (QED) is 0.112. The average molecular weight is 1260 g/mol. The molecule has 0 spiro atoms. The molecule has 0 radical (unpaired) electrons. The summed E-state index contributed by atoms with van der Waals surface area (Å²) < 4.78 is 65.4. The molecule has 0 aliphatic heterocycles. The molecule has 11 rings (SSSR count). The van der Waals surface area contributed by atoms with Gasteiger partial charge in [-0.3, -0.25) is 4.57 Å². The predicted molar refractivity (Wildman–Crippen MR) is 339 cm³/mol. The van der Waals surface area contributed by atoms with Crippen LogP contribution in [0.3, 0.4) is 0 Å². The fourth-order valence-electron chi connectivity index (χ4n) is 10.9. The average Bonchev–Trinajstić information content (AvgIpc) is 1.73. The Morgan fingerprint density at radius 3 is 1.72 bits per heavy atom. The van der Waals surface area contributed by atoms with Crippen molar-refractivity contribution in [2.75, 3.05) is 0 Å². The first kappa shape index (κ1) is 50.4. The van der Waals surface area contributed by atoms with E-state index in [9.17, 15) is 0 Å². The summed E-state index contributed by atoms with van der Waals surface area (Å²) in [4.78, 5) is 4.89. The van der Waals surface area contributed by atoms with Gasteiger partial charge in [0.05, 0.1) is 16.7 Å². The second-order valence-corrected chi connectivity index (χ2v) is 27.1. The Bertz CT molecular complexity index is 4420. The number of hydrogen-bond donors (Lipinski definition) is 0. The van der Waals surface area contributed by atoms with E-state index in [2.05, 4.69) is 216 Å². The van der Waals surface area contributed by atoms with E-state index >= 15 is 0 Å². The number of nitrogens with zero attached hydrogens (tertiary/aromatic N) is 4. The smallest absolute Gasteiger partial charge is 0.268 e. The summed E-state index contributed by atoms with van der Waals surface area (Å²) in [6, 6.07) is 60.3. The van der Waals surface area contributed by atoms with Crippen molar-refractivity contribution >= 4 is 32.8 Å². The van der Waals surface area contributed by atoms with E-state index in [-0.39, 0.29) is 64.8 Å². The van der Waals surface area contributed by atoms with Crippen LogP contribution >= 0.6 is 0 Å². The minimum atomic E-state index is -2.63. The van der Waals surface area contributed by atoms with Crippen molar-refractivity contribution in [3.05, 3.63) is 221 Å². The molecule has 8 aromatic carbocycles. The number of pyridine rings is 1. The molecule has 0 fully saturated rings. The van der Waals surface area contributed by atoms with E-state index in [0.29, 0.717) is 28.3 Å². The molecule has 6 heteroatoms. The van der Waals surface area contributed by atoms with E-state index in [1.165, 1.54) is 34.9 Å². The third-order valence-corrected chi connectivity index (χ3v) is 15.8. The second-order valence-electron chi connectivity index (χ2n) is 27.1. The van der Waals surface area contributed by atoms with Crippen molar-refractivity contribution in [3.63, 3.8) is 0 Å². The number of aromatic nitrogens is 4. The fraction of sp³-hybridized carbons (Fsp3) is 0.289. The van der Waals surface area contributed by atoms with Gasteiger partial charge in [-0.05, 0) is 148 Å². The number of benzene rings is 8. The van der Waals surface area contributed by atoms with Gasteiger partial charge in [-0.2, -0.15) is 18.2 Å². The summed E-state index contributed by atoms with van der Waals surface area (Å²) in [5.74, 6) is 1.67. The Morgan fingerprint density at radius 1 is 0.476 bits per heavy atom. The fourth-order valence-corrected chi connectivity index (χ4v) is 10.9. The van der Waals surface area contributed by atoms with E-state index < -0.39 is 13.7 Å². The molecule has 0 atom stereocenters. The maximum Gasteiger partial charge on any atom is 0.268 e. The van der Waals surface area contributed by atoms with Crippen LogP contribution < -0.4 is 9.30 Å². The zero-order chi connectivity index (χ0) is 62.7. The molecule has 0 aliphatic carbocycles. The molecule has 420 valence electrons. The monoisotopic (exact) mass is 1260 g/mol. The van der Waals surface area contributed by atoms with Crippen LogP contribution in [0, 0.1) is 32.2 Å². The Kier molecular flexibility index (Phi) is 13.0. The van der Waals surface area contributed by atoms with Crippen LogP contribution in [0.15, 0.2) is 164 Å². The van der Waals surface area contributed by atoms with Gasteiger partial charge in [0.15, 0.2) is 0 Å². The van der Waals surface area contributed by atoms with Crippen molar-refractivity contribution in [2.45, 2.75) is 145 Å². The topological polar surface area (TPSA) is 35.9 Å². The largest absolute Gasteiger partial charge is 0.510 e. The van der Waals surface area contributed by atoms with Gasteiger partial charge in [-0.1, -0.05) is 213 Å². The molecule has 5 nitrogen and oxygen atoms in total. The van der Waals surface area contributed by atoms with Gasteiger partial charge in [-0.15, -0.1) is 29.7 Å². The molecule has 0 aliphatic rings. The molecule has 0 unspecified atom stereocenters. The molecule has 0 bridgehead atoms. The second kappa shape index (κ2) is 21.1. The summed E-state index contributed by atoms with van der Waals surface area (Å²) in [6.07, 6.45) is 5.75. The first-order valence-electron chi connectivity index (χ1n) is 31.3. The third kappa shape index (κ3) is 11.1.